The maximum absolute atomic E-state index is 13.3. The number of carbonyl (C=O) groups excluding carboxylic acids is 2. The van der Waals surface area contributed by atoms with Gasteiger partial charge in [0.2, 0.25) is 5.91 Å². The lowest BCUT2D eigenvalue weighted by Crippen LogP contribution is -2.40. The van der Waals surface area contributed by atoms with Gasteiger partial charge in [0.1, 0.15) is 4.88 Å². The van der Waals surface area contributed by atoms with Gasteiger partial charge in [0.15, 0.2) is 5.82 Å². The molecule has 0 radical (unpaired) electrons. The molecule has 0 saturated carbocycles. The summed E-state index contributed by atoms with van der Waals surface area (Å²) in [6, 6.07) is 5.37. The van der Waals surface area contributed by atoms with E-state index < -0.39 is 0 Å². The molecular formula is C17H18N4O2S. The van der Waals surface area contributed by atoms with E-state index in [1.54, 1.807) is 23.2 Å². The zero-order chi connectivity index (χ0) is 16.7. The number of piperidine rings is 1. The molecule has 4 rings (SSSR count). The second-order valence-corrected chi connectivity index (χ2v) is 7.13. The average Bonchev–Trinajstić information content (AvgIpc) is 3.02. The van der Waals surface area contributed by atoms with Gasteiger partial charge in [-0.2, -0.15) is 0 Å². The summed E-state index contributed by atoms with van der Waals surface area (Å²) in [5, 5.41) is 4.71. The van der Waals surface area contributed by atoms with Crippen molar-refractivity contribution in [3.63, 3.8) is 0 Å². The number of nitrogens with zero attached hydrogens (tertiary/aromatic N) is 3. The molecule has 124 valence electrons. The molecule has 0 bridgehead atoms. The molecule has 0 aromatic carbocycles. The maximum Gasteiger partial charge on any atom is 0.267 e. The fraction of sp³-hybridized carbons (Fsp3) is 0.353. The molecule has 6 nitrogen and oxygen atoms in total. The van der Waals surface area contributed by atoms with Crippen LogP contribution in [-0.4, -0.2) is 41.8 Å². The number of carbonyl (C=O) groups is 2. The Labute approximate surface area is 144 Å². The molecular weight excluding hydrogens is 324 g/mol. The number of rotatable bonds is 1. The quantitative estimate of drug-likeness (QED) is 0.865. The van der Waals surface area contributed by atoms with Crippen molar-refractivity contribution in [1.29, 1.82) is 0 Å². The van der Waals surface area contributed by atoms with Crippen molar-refractivity contribution in [3.8, 4) is 0 Å². The zero-order valence-corrected chi connectivity index (χ0v) is 14.2. The van der Waals surface area contributed by atoms with Gasteiger partial charge in [0, 0.05) is 12.1 Å². The third kappa shape index (κ3) is 2.50. The van der Waals surface area contributed by atoms with E-state index in [1.165, 1.54) is 11.3 Å². The zero-order valence-electron chi connectivity index (χ0n) is 13.4. The first-order valence-electron chi connectivity index (χ1n) is 8.01. The van der Waals surface area contributed by atoms with Gasteiger partial charge in [-0.15, -0.1) is 11.3 Å². The molecule has 1 saturated heterocycles. The molecule has 1 fully saturated rings. The number of thiophene rings is 1. The Hall–Kier alpha value is -2.25. The first kappa shape index (κ1) is 15.3. The highest BCUT2D eigenvalue weighted by atomic mass is 32.1. The van der Waals surface area contributed by atoms with Gasteiger partial charge in [0.25, 0.3) is 5.91 Å². The van der Waals surface area contributed by atoms with Crippen LogP contribution in [0.15, 0.2) is 29.8 Å². The number of pyridine rings is 1. The molecule has 0 unspecified atom stereocenters. The van der Waals surface area contributed by atoms with Crippen molar-refractivity contribution in [2.75, 3.05) is 30.4 Å². The summed E-state index contributed by atoms with van der Waals surface area (Å²) in [5.74, 6) is 0.302. The van der Waals surface area contributed by atoms with Crippen molar-refractivity contribution < 1.29 is 9.59 Å². The lowest BCUT2D eigenvalue weighted by Gasteiger charge is -2.31. The number of aromatic nitrogens is 1. The maximum atomic E-state index is 13.3. The van der Waals surface area contributed by atoms with E-state index >= 15 is 0 Å². The lowest BCUT2D eigenvalue weighted by atomic mass is 9.95. The summed E-state index contributed by atoms with van der Waals surface area (Å²) >= 11 is 1.34. The van der Waals surface area contributed by atoms with E-state index in [0.717, 1.165) is 25.9 Å². The highest BCUT2D eigenvalue weighted by Crippen LogP contribution is 2.40. The smallest absolute Gasteiger partial charge is 0.267 e. The minimum Gasteiger partial charge on any atom is -0.318 e. The van der Waals surface area contributed by atoms with Gasteiger partial charge in [-0.25, -0.2) is 4.98 Å². The third-order valence-electron chi connectivity index (χ3n) is 4.63. The topological polar surface area (TPSA) is 65.5 Å². The van der Waals surface area contributed by atoms with Crippen molar-refractivity contribution in [2.45, 2.75) is 12.8 Å². The molecule has 2 aliphatic rings. The monoisotopic (exact) mass is 342 g/mol. The lowest BCUT2D eigenvalue weighted by molar-refractivity contribution is -0.122. The molecule has 4 heterocycles. The predicted octanol–water partition coefficient (Wildman–Crippen LogP) is 2.72. The van der Waals surface area contributed by atoms with Crippen LogP contribution in [0, 0.1) is 5.92 Å². The summed E-state index contributed by atoms with van der Waals surface area (Å²) < 4.78 is 0. The molecule has 24 heavy (non-hydrogen) atoms. The number of likely N-dealkylation sites (tertiary alicyclic amines) is 1. The van der Waals surface area contributed by atoms with Crippen molar-refractivity contribution in [2.24, 2.45) is 5.92 Å². The molecule has 0 spiro atoms. The van der Waals surface area contributed by atoms with Crippen molar-refractivity contribution >= 4 is 40.3 Å². The second-order valence-electron chi connectivity index (χ2n) is 6.21. The molecule has 0 atom stereocenters. The van der Waals surface area contributed by atoms with Gasteiger partial charge < -0.3 is 10.2 Å². The van der Waals surface area contributed by atoms with Crippen LogP contribution in [-0.2, 0) is 4.79 Å². The summed E-state index contributed by atoms with van der Waals surface area (Å²) in [7, 11) is 2.07. The minimum atomic E-state index is -0.187. The van der Waals surface area contributed by atoms with E-state index in [1.807, 2.05) is 11.4 Å². The van der Waals surface area contributed by atoms with E-state index in [9.17, 15) is 9.59 Å². The third-order valence-corrected chi connectivity index (χ3v) is 5.53. The van der Waals surface area contributed by atoms with Crippen LogP contribution in [0.4, 0.5) is 17.2 Å². The summed E-state index contributed by atoms with van der Waals surface area (Å²) in [6.45, 7) is 1.82. The van der Waals surface area contributed by atoms with Crippen LogP contribution in [0.5, 0.6) is 0 Å². The van der Waals surface area contributed by atoms with Crippen molar-refractivity contribution in [3.05, 3.63) is 34.7 Å². The first-order chi connectivity index (χ1) is 11.6. The Morgan fingerprint density at radius 1 is 1.33 bits per heavy atom. The minimum absolute atomic E-state index is 0.0270. The number of hydrogen-bond acceptors (Lipinski definition) is 5. The summed E-state index contributed by atoms with van der Waals surface area (Å²) in [5.41, 5.74) is 1.21. The fourth-order valence-corrected chi connectivity index (χ4v) is 4.05. The second kappa shape index (κ2) is 5.99. The number of nitrogens with one attached hydrogen (secondary N) is 1. The van der Waals surface area contributed by atoms with Gasteiger partial charge in [-0.3, -0.25) is 14.5 Å². The van der Waals surface area contributed by atoms with Gasteiger partial charge in [-0.05, 0) is 56.6 Å². The molecule has 0 aliphatic carbocycles. The number of anilines is 3. The number of hydrogen-bond donors (Lipinski definition) is 1. The average molecular weight is 342 g/mol. The van der Waals surface area contributed by atoms with Crippen LogP contribution < -0.4 is 10.2 Å². The van der Waals surface area contributed by atoms with Gasteiger partial charge in [-0.1, -0.05) is 0 Å². The Balaban J connectivity index is 1.78. The van der Waals surface area contributed by atoms with Crippen LogP contribution in [0.3, 0.4) is 0 Å². The fourth-order valence-electron chi connectivity index (χ4n) is 3.28. The molecule has 2 amide bonds. The highest BCUT2D eigenvalue weighted by molar-refractivity contribution is 7.12. The van der Waals surface area contributed by atoms with Crippen molar-refractivity contribution in [1.82, 2.24) is 9.88 Å². The van der Waals surface area contributed by atoms with Crippen LogP contribution in [0.1, 0.15) is 22.5 Å². The molecule has 2 aromatic rings. The SMILES string of the molecule is CN1CCC(C(=O)N2c3ccsc3C(=O)Nc3cccnc32)CC1. The van der Waals surface area contributed by atoms with Crippen LogP contribution >= 0.6 is 11.3 Å². The first-order valence-corrected chi connectivity index (χ1v) is 8.89. The Kier molecular flexibility index (Phi) is 3.82. The van der Waals surface area contributed by atoms with Crippen LogP contribution in [0.25, 0.3) is 0 Å². The predicted molar refractivity (Wildman–Crippen MR) is 93.9 cm³/mol. The van der Waals surface area contributed by atoms with E-state index in [4.69, 9.17) is 0 Å². The Morgan fingerprint density at radius 2 is 2.12 bits per heavy atom. The molecule has 7 heteroatoms. The Morgan fingerprint density at radius 3 is 2.92 bits per heavy atom. The van der Waals surface area contributed by atoms with Crippen LogP contribution in [0.2, 0.25) is 0 Å². The number of amides is 2. The van der Waals surface area contributed by atoms with E-state index in [0.29, 0.717) is 22.1 Å². The summed E-state index contributed by atoms with van der Waals surface area (Å²) in [6.07, 6.45) is 3.31. The highest BCUT2D eigenvalue weighted by Gasteiger charge is 2.35. The largest absolute Gasteiger partial charge is 0.318 e. The normalized spacial score (nSPS) is 18.5. The molecule has 2 aromatic heterocycles. The standard InChI is InChI=1S/C17H18N4O2S/c1-20-8-4-11(5-9-20)17(23)21-13-6-10-24-14(13)16(22)19-12-3-2-7-18-15(12)21/h2-3,6-7,10-11H,4-5,8-9H2,1H3,(H,19,22). The van der Waals surface area contributed by atoms with Gasteiger partial charge >= 0.3 is 0 Å². The Bertz CT molecular complexity index is 795. The molecule has 2 aliphatic heterocycles. The van der Waals surface area contributed by atoms with E-state index in [-0.39, 0.29) is 17.7 Å². The summed E-state index contributed by atoms with van der Waals surface area (Å²) in [4.78, 5) is 34.5. The molecule has 1 N–H and O–H groups in total. The van der Waals surface area contributed by atoms with Gasteiger partial charge in [0.05, 0.1) is 11.4 Å². The number of fused-ring (bicyclic) bond motifs is 2. The van der Waals surface area contributed by atoms with E-state index in [2.05, 4.69) is 22.2 Å².